The van der Waals surface area contributed by atoms with E-state index in [1.54, 1.807) is 24.3 Å². The number of hydrogen-bond acceptors (Lipinski definition) is 5. The maximum Gasteiger partial charge on any atom is 0.355 e. The molecule has 1 aromatic carbocycles. The highest BCUT2D eigenvalue weighted by molar-refractivity contribution is 5.88. The highest BCUT2D eigenvalue weighted by Gasteiger charge is 2.19. The molecule has 0 bridgehead atoms. The maximum atomic E-state index is 11.9. The molecule has 0 saturated carbocycles. The van der Waals surface area contributed by atoms with Gasteiger partial charge in [-0.3, -0.25) is 10.1 Å². The van der Waals surface area contributed by atoms with Crippen LogP contribution >= 0.6 is 0 Å². The molecule has 0 saturated heterocycles. The molecule has 0 fully saturated rings. The second-order valence-electron chi connectivity index (χ2n) is 4.30. The number of benzene rings is 1. The molecule has 21 heavy (non-hydrogen) atoms. The van der Waals surface area contributed by atoms with Crippen LogP contribution in [-0.2, 0) is 18.4 Å². The van der Waals surface area contributed by atoms with Crippen LogP contribution in [0.2, 0.25) is 0 Å². The second-order valence-corrected chi connectivity index (χ2v) is 4.30. The number of nitriles is 1. The summed E-state index contributed by atoms with van der Waals surface area (Å²) < 4.78 is 6.43. The van der Waals surface area contributed by atoms with Gasteiger partial charge in [0, 0.05) is 18.7 Å². The molecule has 2 rings (SSSR count). The van der Waals surface area contributed by atoms with Gasteiger partial charge in [-0.05, 0) is 6.07 Å². The van der Waals surface area contributed by atoms with Crippen LogP contribution < -0.4 is 0 Å². The van der Waals surface area contributed by atoms with Crippen molar-refractivity contribution in [1.82, 2.24) is 4.57 Å². The van der Waals surface area contributed by atoms with E-state index in [-0.39, 0.29) is 18.0 Å². The molecule has 0 unspecified atom stereocenters. The standard InChI is InChI=1S/C14H11N3O4/c1-16-8-12(17(19)20)6-13(16)14(18)21-9-11-5-3-2-4-10(11)7-15/h2-6,8H,9H2,1H3. The van der Waals surface area contributed by atoms with Crippen molar-refractivity contribution >= 4 is 11.7 Å². The molecule has 1 aromatic heterocycles. The van der Waals surface area contributed by atoms with E-state index in [0.29, 0.717) is 11.1 Å². The third-order valence-corrected chi connectivity index (χ3v) is 2.91. The lowest BCUT2D eigenvalue weighted by molar-refractivity contribution is -0.384. The summed E-state index contributed by atoms with van der Waals surface area (Å²) in [6.45, 7) is -0.0679. The fourth-order valence-corrected chi connectivity index (χ4v) is 1.82. The minimum Gasteiger partial charge on any atom is -0.456 e. The van der Waals surface area contributed by atoms with Crippen molar-refractivity contribution < 1.29 is 14.5 Å². The predicted molar refractivity (Wildman–Crippen MR) is 72.3 cm³/mol. The smallest absolute Gasteiger partial charge is 0.355 e. The minimum atomic E-state index is -0.682. The van der Waals surface area contributed by atoms with Gasteiger partial charge in [-0.25, -0.2) is 4.79 Å². The van der Waals surface area contributed by atoms with E-state index in [9.17, 15) is 14.9 Å². The Labute approximate surface area is 120 Å². The first-order chi connectivity index (χ1) is 10.0. The van der Waals surface area contributed by atoms with Gasteiger partial charge >= 0.3 is 5.97 Å². The minimum absolute atomic E-state index is 0.0679. The SMILES string of the molecule is Cn1cc([N+](=O)[O-])cc1C(=O)OCc1ccccc1C#N. The highest BCUT2D eigenvalue weighted by atomic mass is 16.6. The third-order valence-electron chi connectivity index (χ3n) is 2.91. The van der Waals surface area contributed by atoms with Crippen LogP contribution in [0.15, 0.2) is 36.5 Å². The molecule has 0 atom stereocenters. The molecule has 0 radical (unpaired) electrons. The van der Waals surface area contributed by atoms with Crippen LogP contribution in [0.3, 0.4) is 0 Å². The fraction of sp³-hybridized carbons (Fsp3) is 0.143. The zero-order valence-corrected chi connectivity index (χ0v) is 11.1. The van der Waals surface area contributed by atoms with E-state index in [2.05, 4.69) is 0 Å². The molecule has 0 aliphatic carbocycles. The van der Waals surface area contributed by atoms with Gasteiger partial charge in [0.05, 0.1) is 22.8 Å². The van der Waals surface area contributed by atoms with Crippen molar-refractivity contribution in [3.63, 3.8) is 0 Å². The van der Waals surface area contributed by atoms with E-state index >= 15 is 0 Å². The van der Waals surface area contributed by atoms with Crippen LogP contribution in [0.5, 0.6) is 0 Å². The Hall–Kier alpha value is -3.14. The maximum absolute atomic E-state index is 11.9. The van der Waals surface area contributed by atoms with Crippen molar-refractivity contribution in [2.24, 2.45) is 7.05 Å². The zero-order chi connectivity index (χ0) is 15.4. The molecule has 0 N–H and O–H groups in total. The normalized spacial score (nSPS) is 9.90. The van der Waals surface area contributed by atoms with Crippen molar-refractivity contribution in [3.8, 4) is 6.07 Å². The van der Waals surface area contributed by atoms with E-state index in [1.165, 1.54) is 17.8 Å². The number of rotatable bonds is 4. The lowest BCUT2D eigenvalue weighted by atomic mass is 10.1. The summed E-state index contributed by atoms with van der Waals surface area (Å²) in [5, 5.41) is 19.6. The first-order valence-electron chi connectivity index (χ1n) is 5.99. The number of ether oxygens (including phenoxy) is 1. The Morgan fingerprint density at radius 3 is 2.81 bits per heavy atom. The summed E-state index contributed by atoms with van der Waals surface area (Å²) in [7, 11) is 1.52. The highest BCUT2D eigenvalue weighted by Crippen LogP contribution is 2.17. The topological polar surface area (TPSA) is 98.2 Å². The third kappa shape index (κ3) is 3.06. The summed E-state index contributed by atoms with van der Waals surface area (Å²) >= 11 is 0. The zero-order valence-electron chi connectivity index (χ0n) is 11.1. The molecule has 7 heteroatoms. The number of hydrogen-bond donors (Lipinski definition) is 0. The van der Waals surface area contributed by atoms with E-state index in [0.717, 1.165) is 6.07 Å². The Kier molecular flexibility index (Phi) is 4.00. The Bertz CT molecular complexity index is 743. The quantitative estimate of drug-likeness (QED) is 0.487. The average Bonchev–Trinajstić information content (AvgIpc) is 2.87. The molecule has 0 aliphatic heterocycles. The van der Waals surface area contributed by atoms with Gasteiger partial charge in [0.15, 0.2) is 0 Å². The van der Waals surface area contributed by atoms with Crippen LogP contribution in [0.1, 0.15) is 21.6 Å². The number of aryl methyl sites for hydroxylation is 1. The lowest BCUT2D eigenvalue weighted by Gasteiger charge is -2.06. The van der Waals surface area contributed by atoms with E-state index < -0.39 is 10.9 Å². The van der Waals surface area contributed by atoms with E-state index in [4.69, 9.17) is 10.00 Å². The molecule has 106 valence electrons. The van der Waals surface area contributed by atoms with Gasteiger partial charge in [-0.2, -0.15) is 5.26 Å². The van der Waals surface area contributed by atoms with Gasteiger partial charge in [0.1, 0.15) is 12.3 Å². The first-order valence-corrected chi connectivity index (χ1v) is 5.99. The first kappa shape index (κ1) is 14.3. The van der Waals surface area contributed by atoms with Gasteiger partial charge < -0.3 is 9.30 Å². The van der Waals surface area contributed by atoms with Gasteiger partial charge in [-0.15, -0.1) is 0 Å². The van der Waals surface area contributed by atoms with Crippen LogP contribution in [0.25, 0.3) is 0 Å². The fourth-order valence-electron chi connectivity index (χ4n) is 1.82. The predicted octanol–water partition coefficient (Wildman–Crippen LogP) is 2.16. The number of carbonyl (C=O) groups is 1. The summed E-state index contributed by atoms with van der Waals surface area (Å²) in [4.78, 5) is 22.0. The Morgan fingerprint density at radius 2 is 2.19 bits per heavy atom. The summed E-state index contributed by atoms with van der Waals surface area (Å²) in [5.74, 6) is -0.682. The summed E-state index contributed by atoms with van der Waals surface area (Å²) in [5.41, 5.74) is 0.901. The van der Waals surface area contributed by atoms with Crippen LogP contribution in [0.4, 0.5) is 5.69 Å². The van der Waals surface area contributed by atoms with E-state index in [1.807, 2.05) is 6.07 Å². The van der Waals surface area contributed by atoms with Crippen molar-refractivity contribution in [2.75, 3.05) is 0 Å². The monoisotopic (exact) mass is 285 g/mol. The van der Waals surface area contributed by atoms with Crippen LogP contribution in [0, 0.1) is 21.4 Å². The number of nitrogens with zero attached hydrogens (tertiary/aromatic N) is 3. The molecule has 0 amide bonds. The van der Waals surface area contributed by atoms with Crippen molar-refractivity contribution in [3.05, 3.63) is 63.5 Å². The number of esters is 1. The van der Waals surface area contributed by atoms with Gasteiger partial charge in [0.2, 0.25) is 0 Å². The average molecular weight is 285 g/mol. The molecule has 0 aliphatic rings. The van der Waals surface area contributed by atoms with Gasteiger partial charge in [0.25, 0.3) is 5.69 Å². The van der Waals surface area contributed by atoms with Crippen molar-refractivity contribution in [1.29, 1.82) is 5.26 Å². The summed E-state index contributed by atoms with van der Waals surface area (Å²) in [6, 6.07) is 9.90. The number of carbonyl (C=O) groups excluding carboxylic acids is 1. The largest absolute Gasteiger partial charge is 0.456 e. The molecule has 2 aromatic rings. The van der Waals surface area contributed by atoms with Crippen molar-refractivity contribution in [2.45, 2.75) is 6.61 Å². The molecular weight excluding hydrogens is 274 g/mol. The van der Waals surface area contributed by atoms with Crippen LogP contribution in [-0.4, -0.2) is 15.5 Å². The summed E-state index contributed by atoms with van der Waals surface area (Å²) in [6.07, 6.45) is 1.24. The Balaban J connectivity index is 2.12. The number of nitro groups is 1. The lowest BCUT2D eigenvalue weighted by Crippen LogP contribution is -2.10. The second kappa shape index (κ2) is 5.88. The molecule has 1 heterocycles. The molecule has 7 nitrogen and oxygen atoms in total. The number of aromatic nitrogens is 1. The molecule has 0 spiro atoms. The Morgan fingerprint density at radius 1 is 1.48 bits per heavy atom. The molecular formula is C14H11N3O4. The van der Waals surface area contributed by atoms with Gasteiger partial charge in [-0.1, -0.05) is 18.2 Å².